The van der Waals surface area contributed by atoms with E-state index in [0.29, 0.717) is 11.3 Å². The van der Waals surface area contributed by atoms with Gasteiger partial charge in [0.25, 0.3) is 5.91 Å². The fourth-order valence-electron chi connectivity index (χ4n) is 1.89. The zero-order chi connectivity index (χ0) is 16.7. The Labute approximate surface area is 133 Å². The number of hydrogen-bond acceptors (Lipinski definition) is 4. The first-order chi connectivity index (χ1) is 11.0. The van der Waals surface area contributed by atoms with Gasteiger partial charge in [-0.05, 0) is 42.3 Å². The molecule has 0 atom stereocenters. The van der Waals surface area contributed by atoms with Gasteiger partial charge in [0.1, 0.15) is 5.75 Å². The predicted molar refractivity (Wildman–Crippen MR) is 87.8 cm³/mol. The summed E-state index contributed by atoms with van der Waals surface area (Å²) in [5.74, 6) is 0.260. The average molecular weight is 312 g/mol. The molecule has 0 heterocycles. The van der Waals surface area contributed by atoms with E-state index >= 15 is 0 Å². The van der Waals surface area contributed by atoms with Gasteiger partial charge in [-0.3, -0.25) is 14.9 Å². The summed E-state index contributed by atoms with van der Waals surface area (Å²) < 4.78 is 5.38. The first kappa shape index (κ1) is 16.2. The summed E-state index contributed by atoms with van der Waals surface area (Å²) >= 11 is 0. The molecule has 0 spiro atoms. The van der Waals surface area contributed by atoms with E-state index in [0.717, 1.165) is 17.5 Å². The van der Waals surface area contributed by atoms with Gasteiger partial charge in [-0.15, -0.1) is 0 Å². The molecule has 0 unspecified atom stereocenters. The molecule has 0 radical (unpaired) electrons. The molecule has 0 aliphatic carbocycles. The maximum atomic E-state index is 11.8. The van der Waals surface area contributed by atoms with Gasteiger partial charge >= 0.3 is 0 Å². The smallest absolute Gasteiger partial charge is 0.262 e. The summed E-state index contributed by atoms with van der Waals surface area (Å²) in [7, 11) is 0. The van der Waals surface area contributed by atoms with Crippen LogP contribution in [-0.4, -0.2) is 17.4 Å². The molecule has 118 valence electrons. The van der Waals surface area contributed by atoms with Crippen LogP contribution in [0.4, 0.5) is 5.69 Å². The molecule has 0 bridgehead atoms. The van der Waals surface area contributed by atoms with Crippen molar-refractivity contribution in [1.29, 1.82) is 0 Å². The Morgan fingerprint density at radius 1 is 1.26 bits per heavy atom. The fourth-order valence-corrected chi connectivity index (χ4v) is 1.89. The van der Waals surface area contributed by atoms with E-state index in [1.807, 2.05) is 25.1 Å². The highest BCUT2D eigenvalue weighted by atomic mass is 16.6. The van der Waals surface area contributed by atoms with Crippen LogP contribution in [0.5, 0.6) is 5.75 Å². The van der Waals surface area contributed by atoms with Gasteiger partial charge in [-0.2, -0.15) is 0 Å². The highest BCUT2D eigenvalue weighted by Crippen LogP contribution is 2.14. The zero-order valence-electron chi connectivity index (χ0n) is 12.6. The number of carbonyl (C=O) groups excluding carboxylic acids is 1. The molecule has 0 fully saturated rings. The van der Waals surface area contributed by atoms with Crippen LogP contribution in [0.15, 0.2) is 54.7 Å². The molecule has 6 heteroatoms. The molecule has 0 saturated heterocycles. The zero-order valence-corrected chi connectivity index (χ0v) is 12.6. The molecule has 23 heavy (non-hydrogen) atoms. The topological polar surface area (TPSA) is 81.5 Å². The second-order valence-corrected chi connectivity index (χ2v) is 4.88. The molecular weight excluding hydrogens is 296 g/mol. The van der Waals surface area contributed by atoms with Crippen LogP contribution in [-0.2, 0) is 4.79 Å². The normalized spacial score (nSPS) is 10.5. The molecule has 2 aromatic rings. The summed E-state index contributed by atoms with van der Waals surface area (Å²) in [6.07, 6.45) is 2.25. The SMILES string of the molecule is Cc1cccc(NC(=O)COc2ccc(/C=C/[N+](=O)[O-])cc2)c1. The molecule has 0 aliphatic heterocycles. The van der Waals surface area contributed by atoms with Crippen LogP contribution < -0.4 is 10.1 Å². The van der Waals surface area contributed by atoms with Gasteiger partial charge in [0.05, 0.1) is 4.92 Å². The molecule has 0 aromatic heterocycles. The molecule has 1 amide bonds. The Morgan fingerprint density at radius 3 is 2.65 bits per heavy atom. The number of carbonyl (C=O) groups is 1. The minimum absolute atomic E-state index is 0.113. The van der Waals surface area contributed by atoms with Crippen molar-refractivity contribution in [3.05, 3.63) is 76.0 Å². The van der Waals surface area contributed by atoms with Crippen LogP contribution in [0, 0.1) is 17.0 Å². The number of hydrogen-bond donors (Lipinski definition) is 1. The first-order valence-electron chi connectivity index (χ1n) is 6.94. The quantitative estimate of drug-likeness (QED) is 0.655. The molecule has 0 saturated carbocycles. The monoisotopic (exact) mass is 312 g/mol. The van der Waals surface area contributed by atoms with E-state index in [-0.39, 0.29) is 12.5 Å². The Kier molecular flexibility index (Phi) is 5.46. The van der Waals surface area contributed by atoms with Gasteiger partial charge in [0, 0.05) is 11.8 Å². The number of amides is 1. The van der Waals surface area contributed by atoms with Crippen molar-refractivity contribution in [3.63, 3.8) is 0 Å². The van der Waals surface area contributed by atoms with Crippen molar-refractivity contribution in [3.8, 4) is 5.75 Å². The van der Waals surface area contributed by atoms with Crippen molar-refractivity contribution >= 4 is 17.7 Å². The van der Waals surface area contributed by atoms with Crippen molar-refractivity contribution in [2.75, 3.05) is 11.9 Å². The maximum absolute atomic E-state index is 11.8. The molecule has 0 aliphatic rings. The van der Waals surface area contributed by atoms with E-state index in [4.69, 9.17) is 4.74 Å². The van der Waals surface area contributed by atoms with Crippen molar-refractivity contribution < 1.29 is 14.5 Å². The number of nitrogens with one attached hydrogen (secondary N) is 1. The molecule has 6 nitrogen and oxygen atoms in total. The summed E-state index contributed by atoms with van der Waals surface area (Å²) in [4.78, 5) is 21.5. The van der Waals surface area contributed by atoms with Crippen molar-refractivity contribution in [2.24, 2.45) is 0 Å². The lowest BCUT2D eigenvalue weighted by atomic mass is 10.2. The Hall–Kier alpha value is -3.15. The lowest BCUT2D eigenvalue weighted by molar-refractivity contribution is -0.400. The number of rotatable bonds is 6. The van der Waals surface area contributed by atoms with E-state index in [1.165, 1.54) is 6.08 Å². The minimum Gasteiger partial charge on any atom is -0.484 e. The third-order valence-corrected chi connectivity index (χ3v) is 2.94. The second-order valence-electron chi connectivity index (χ2n) is 4.88. The number of nitro groups is 1. The van der Waals surface area contributed by atoms with Crippen LogP contribution in [0.1, 0.15) is 11.1 Å². The van der Waals surface area contributed by atoms with E-state index in [2.05, 4.69) is 5.32 Å². The highest BCUT2D eigenvalue weighted by molar-refractivity contribution is 5.91. The molecule has 2 aromatic carbocycles. The lowest BCUT2D eigenvalue weighted by Gasteiger charge is -2.08. The predicted octanol–water partition coefficient (Wildman–Crippen LogP) is 3.26. The summed E-state index contributed by atoms with van der Waals surface area (Å²) in [5, 5.41) is 13.0. The number of anilines is 1. The van der Waals surface area contributed by atoms with E-state index in [9.17, 15) is 14.9 Å². The summed E-state index contributed by atoms with van der Waals surface area (Å²) in [6.45, 7) is 1.83. The second kappa shape index (κ2) is 7.74. The third kappa shape index (κ3) is 5.62. The van der Waals surface area contributed by atoms with Crippen molar-refractivity contribution in [1.82, 2.24) is 0 Å². The van der Waals surface area contributed by atoms with Gasteiger partial charge in [0.15, 0.2) is 6.61 Å². The molecule has 2 rings (SSSR count). The van der Waals surface area contributed by atoms with Crippen molar-refractivity contribution in [2.45, 2.75) is 6.92 Å². The van der Waals surface area contributed by atoms with Gasteiger partial charge in [-0.1, -0.05) is 24.3 Å². The lowest BCUT2D eigenvalue weighted by Crippen LogP contribution is -2.20. The number of aryl methyl sites for hydroxylation is 1. The summed E-state index contributed by atoms with van der Waals surface area (Å²) in [5.41, 5.74) is 2.46. The minimum atomic E-state index is -0.528. The first-order valence-corrected chi connectivity index (χ1v) is 6.94. The van der Waals surface area contributed by atoms with Crippen LogP contribution in [0.2, 0.25) is 0 Å². The third-order valence-electron chi connectivity index (χ3n) is 2.94. The number of nitrogens with zero attached hydrogens (tertiary/aromatic N) is 1. The largest absolute Gasteiger partial charge is 0.484 e. The Bertz CT molecular complexity index is 724. The summed E-state index contributed by atoms with van der Waals surface area (Å²) in [6, 6.07) is 14.1. The van der Waals surface area contributed by atoms with Crippen LogP contribution in [0.25, 0.3) is 6.08 Å². The van der Waals surface area contributed by atoms with Gasteiger partial charge in [-0.25, -0.2) is 0 Å². The Balaban J connectivity index is 1.85. The molecular formula is C17H16N2O4. The van der Waals surface area contributed by atoms with Gasteiger partial charge in [0.2, 0.25) is 6.20 Å². The number of benzene rings is 2. The van der Waals surface area contributed by atoms with Crippen LogP contribution >= 0.6 is 0 Å². The van der Waals surface area contributed by atoms with Crippen LogP contribution in [0.3, 0.4) is 0 Å². The average Bonchev–Trinajstić information content (AvgIpc) is 2.52. The maximum Gasteiger partial charge on any atom is 0.262 e. The standard InChI is InChI=1S/C17H16N2O4/c1-13-3-2-4-15(11-13)18-17(20)12-23-16-7-5-14(6-8-16)9-10-19(21)22/h2-11H,12H2,1H3,(H,18,20)/b10-9+. The number of ether oxygens (including phenoxy) is 1. The molecule has 1 N–H and O–H groups in total. The Morgan fingerprint density at radius 2 is 2.00 bits per heavy atom. The van der Waals surface area contributed by atoms with E-state index in [1.54, 1.807) is 30.3 Å². The van der Waals surface area contributed by atoms with E-state index < -0.39 is 4.92 Å². The fraction of sp³-hybridized carbons (Fsp3) is 0.118. The highest BCUT2D eigenvalue weighted by Gasteiger charge is 2.04. The van der Waals surface area contributed by atoms with Gasteiger partial charge < -0.3 is 10.1 Å².